The Labute approximate surface area is 144 Å². The van der Waals surface area contributed by atoms with Crippen molar-refractivity contribution < 1.29 is 9.59 Å². The first-order valence-electron chi connectivity index (χ1n) is 9.03. The maximum Gasteiger partial charge on any atom is 0.226 e. The van der Waals surface area contributed by atoms with Crippen LogP contribution in [-0.2, 0) is 9.59 Å². The quantitative estimate of drug-likeness (QED) is 0.853. The van der Waals surface area contributed by atoms with Crippen molar-refractivity contribution in [2.45, 2.75) is 45.1 Å². The van der Waals surface area contributed by atoms with Gasteiger partial charge in [0, 0.05) is 44.4 Å². The second-order valence-electron chi connectivity index (χ2n) is 7.13. The lowest BCUT2D eigenvalue weighted by Gasteiger charge is -2.37. The number of rotatable bonds is 4. The van der Waals surface area contributed by atoms with E-state index < -0.39 is 0 Å². The van der Waals surface area contributed by atoms with Gasteiger partial charge in [-0.1, -0.05) is 6.42 Å². The Kier molecular flexibility index (Phi) is 5.17. The fourth-order valence-corrected chi connectivity index (χ4v) is 3.60. The van der Waals surface area contributed by atoms with Gasteiger partial charge in [-0.15, -0.1) is 0 Å². The van der Waals surface area contributed by atoms with Gasteiger partial charge in [-0.25, -0.2) is 0 Å². The number of pyridine rings is 1. The average Bonchev–Trinajstić information content (AvgIpc) is 2.59. The van der Waals surface area contributed by atoms with Gasteiger partial charge in [0.15, 0.2) is 0 Å². The van der Waals surface area contributed by atoms with Crippen molar-refractivity contribution in [1.82, 2.24) is 14.8 Å². The van der Waals surface area contributed by atoms with Gasteiger partial charge in [-0.05, 0) is 50.3 Å². The van der Waals surface area contributed by atoms with Crippen LogP contribution in [0.1, 0.15) is 50.6 Å². The van der Waals surface area contributed by atoms with Gasteiger partial charge < -0.3 is 9.80 Å². The van der Waals surface area contributed by atoms with Crippen molar-refractivity contribution in [2.75, 3.05) is 20.1 Å². The van der Waals surface area contributed by atoms with Crippen molar-refractivity contribution >= 4 is 11.8 Å². The molecule has 1 saturated heterocycles. The zero-order valence-electron chi connectivity index (χ0n) is 14.6. The van der Waals surface area contributed by atoms with E-state index in [1.165, 1.54) is 6.42 Å². The third-order valence-corrected chi connectivity index (χ3v) is 5.73. The molecule has 0 N–H and O–H groups in total. The molecule has 2 aliphatic rings. The maximum atomic E-state index is 12.8. The summed E-state index contributed by atoms with van der Waals surface area (Å²) in [4.78, 5) is 32.9. The number of amides is 2. The van der Waals surface area contributed by atoms with Gasteiger partial charge in [-0.2, -0.15) is 0 Å². The smallest absolute Gasteiger partial charge is 0.226 e. The van der Waals surface area contributed by atoms with E-state index in [0.717, 1.165) is 44.3 Å². The molecule has 24 heavy (non-hydrogen) atoms. The van der Waals surface area contributed by atoms with Gasteiger partial charge in [-0.3, -0.25) is 14.6 Å². The second-order valence-corrected chi connectivity index (χ2v) is 7.13. The summed E-state index contributed by atoms with van der Waals surface area (Å²) in [5.74, 6) is 0.789. The Hall–Kier alpha value is -1.91. The molecule has 0 radical (unpaired) electrons. The topological polar surface area (TPSA) is 53.5 Å². The summed E-state index contributed by atoms with van der Waals surface area (Å²) >= 11 is 0. The summed E-state index contributed by atoms with van der Waals surface area (Å²) in [7, 11) is 1.87. The van der Waals surface area contributed by atoms with Gasteiger partial charge in [0.05, 0.1) is 6.04 Å². The highest BCUT2D eigenvalue weighted by atomic mass is 16.2. The van der Waals surface area contributed by atoms with Crippen LogP contribution in [0.4, 0.5) is 0 Å². The molecule has 1 saturated carbocycles. The van der Waals surface area contributed by atoms with E-state index in [9.17, 15) is 9.59 Å². The summed E-state index contributed by atoms with van der Waals surface area (Å²) < 4.78 is 0. The molecule has 1 aliphatic heterocycles. The first-order chi connectivity index (χ1) is 11.6. The first kappa shape index (κ1) is 16.9. The molecule has 0 spiro atoms. The fraction of sp³-hybridized carbons (Fsp3) is 0.632. The molecule has 5 nitrogen and oxygen atoms in total. The maximum absolute atomic E-state index is 12.8. The Bertz CT molecular complexity index is 578. The minimum absolute atomic E-state index is 0.0322. The molecular formula is C19H27N3O2. The Morgan fingerprint density at radius 1 is 1.12 bits per heavy atom. The zero-order chi connectivity index (χ0) is 17.1. The van der Waals surface area contributed by atoms with Gasteiger partial charge in [0.25, 0.3) is 0 Å². The number of aromatic nitrogens is 1. The minimum Gasteiger partial charge on any atom is -0.342 e. The van der Waals surface area contributed by atoms with Gasteiger partial charge >= 0.3 is 0 Å². The normalized spacial score (nSPS) is 20.3. The number of nitrogens with zero attached hydrogens (tertiary/aromatic N) is 3. The van der Waals surface area contributed by atoms with Crippen molar-refractivity contribution in [3.63, 3.8) is 0 Å². The molecule has 2 heterocycles. The third kappa shape index (κ3) is 3.45. The summed E-state index contributed by atoms with van der Waals surface area (Å²) in [5, 5.41) is 0. The van der Waals surface area contributed by atoms with Crippen LogP contribution in [-0.4, -0.2) is 46.7 Å². The van der Waals surface area contributed by atoms with Crippen molar-refractivity contribution in [3.05, 3.63) is 30.1 Å². The van der Waals surface area contributed by atoms with Crippen LogP contribution in [0.5, 0.6) is 0 Å². The highest BCUT2D eigenvalue weighted by Gasteiger charge is 2.34. The predicted octanol–water partition coefficient (Wildman–Crippen LogP) is 2.64. The lowest BCUT2D eigenvalue weighted by molar-refractivity contribution is -0.144. The van der Waals surface area contributed by atoms with Crippen LogP contribution in [0.2, 0.25) is 0 Å². The number of hydrogen-bond acceptors (Lipinski definition) is 3. The van der Waals surface area contributed by atoms with Crippen LogP contribution in [0.15, 0.2) is 24.5 Å². The Morgan fingerprint density at radius 2 is 1.75 bits per heavy atom. The van der Waals surface area contributed by atoms with E-state index in [2.05, 4.69) is 4.98 Å². The van der Waals surface area contributed by atoms with Crippen LogP contribution >= 0.6 is 0 Å². The first-order valence-corrected chi connectivity index (χ1v) is 9.03. The van der Waals surface area contributed by atoms with Crippen LogP contribution in [0.25, 0.3) is 0 Å². The van der Waals surface area contributed by atoms with Crippen LogP contribution in [0, 0.1) is 11.8 Å². The molecule has 2 fully saturated rings. The predicted molar refractivity (Wildman–Crippen MR) is 92.1 cm³/mol. The van der Waals surface area contributed by atoms with Crippen molar-refractivity contribution in [3.8, 4) is 0 Å². The van der Waals surface area contributed by atoms with Crippen molar-refractivity contribution in [1.29, 1.82) is 0 Å². The molecule has 1 aromatic rings. The molecule has 130 valence electrons. The molecule has 1 atom stereocenters. The van der Waals surface area contributed by atoms with E-state index in [1.807, 2.05) is 35.9 Å². The van der Waals surface area contributed by atoms with E-state index in [4.69, 9.17) is 0 Å². The molecule has 0 bridgehead atoms. The van der Waals surface area contributed by atoms with E-state index >= 15 is 0 Å². The summed E-state index contributed by atoms with van der Waals surface area (Å²) in [5.41, 5.74) is 1.10. The van der Waals surface area contributed by atoms with E-state index in [-0.39, 0.29) is 23.8 Å². The highest BCUT2D eigenvalue weighted by molar-refractivity contribution is 5.81. The summed E-state index contributed by atoms with van der Waals surface area (Å²) in [6.45, 7) is 3.49. The fourth-order valence-electron chi connectivity index (χ4n) is 3.60. The summed E-state index contributed by atoms with van der Waals surface area (Å²) in [6, 6.07) is 3.94. The summed E-state index contributed by atoms with van der Waals surface area (Å²) in [6.07, 6.45) is 8.36. The Balaban J connectivity index is 1.53. The SMILES string of the molecule is C[C@H](c1ccncc1)N(C)C(=O)C1CCN(C(=O)C2CCC2)CC1. The number of hydrogen-bond donors (Lipinski definition) is 0. The van der Waals surface area contributed by atoms with E-state index in [0.29, 0.717) is 5.91 Å². The largest absolute Gasteiger partial charge is 0.342 e. The Morgan fingerprint density at radius 3 is 2.29 bits per heavy atom. The molecule has 1 aliphatic carbocycles. The third-order valence-electron chi connectivity index (χ3n) is 5.73. The standard InChI is InChI=1S/C19H27N3O2/c1-14(15-6-10-20-11-7-15)21(2)18(23)17-8-12-22(13-9-17)19(24)16-4-3-5-16/h6-7,10-11,14,16-17H,3-5,8-9,12-13H2,1-2H3/t14-/m1/s1. The molecule has 0 unspecified atom stereocenters. The van der Waals surface area contributed by atoms with Crippen LogP contribution < -0.4 is 0 Å². The van der Waals surface area contributed by atoms with E-state index in [1.54, 1.807) is 12.4 Å². The van der Waals surface area contributed by atoms with Gasteiger partial charge in [0.1, 0.15) is 0 Å². The number of carbonyl (C=O) groups excluding carboxylic acids is 2. The molecular weight excluding hydrogens is 302 g/mol. The molecule has 2 amide bonds. The lowest BCUT2D eigenvalue weighted by atomic mass is 9.83. The lowest BCUT2D eigenvalue weighted by Crippen LogP contribution is -2.46. The molecule has 5 heteroatoms. The minimum atomic E-state index is 0.0322. The zero-order valence-corrected chi connectivity index (χ0v) is 14.6. The highest BCUT2D eigenvalue weighted by Crippen LogP contribution is 2.31. The molecule has 3 rings (SSSR count). The number of likely N-dealkylation sites (tertiary alicyclic amines) is 1. The number of carbonyl (C=O) groups is 2. The van der Waals surface area contributed by atoms with Crippen molar-refractivity contribution in [2.24, 2.45) is 11.8 Å². The number of piperidine rings is 1. The monoisotopic (exact) mass is 329 g/mol. The second kappa shape index (κ2) is 7.32. The van der Waals surface area contributed by atoms with Gasteiger partial charge in [0.2, 0.25) is 11.8 Å². The molecule has 1 aromatic heterocycles. The average molecular weight is 329 g/mol. The van der Waals surface area contributed by atoms with Crippen LogP contribution in [0.3, 0.4) is 0 Å². The molecule has 0 aromatic carbocycles.